The first-order chi connectivity index (χ1) is 57.6. The summed E-state index contributed by atoms with van der Waals surface area (Å²) in [5.74, 6) is 0. The average Bonchev–Trinajstić information content (AvgIpc) is 0.747. The Morgan fingerprint density at radius 3 is 0.328 bits per heavy atom. The molecular weight excluding hydrogens is 1400 g/mol. The van der Waals surface area contributed by atoms with Gasteiger partial charge in [-0.1, -0.05) is 461 Å². The van der Waals surface area contributed by atoms with Crippen LogP contribution in [0.25, 0.3) is 21.5 Å². The first-order valence-electron chi connectivity index (χ1n) is 40.2. The summed E-state index contributed by atoms with van der Waals surface area (Å²) >= 11 is 0. The van der Waals surface area contributed by atoms with Crippen molar-refractivity contribution in [2.24, 2.45) is 0 Å². The molecule has 0 saturated heterocycles. The Labute approximate surface area is 681 Å². The Balaban J connectivity index is 0.869. The number of anilines is 6. The molecule has 0 aromatic heterocycles. The maximum Gasteiger partial charge on any atom is 0.0701 e. The zero-order chi connectivity index (χ0) is 77.6. The van der Waals surface area contributed by atoms with Crippen LogP contribution in [0.3, 0.4) is 0 Å². The van der Waals surface area contributed by atoms with Crippen LogP contribution >= 0.6 is 0 Å². The number of rotatable bonds is 22. The maximum atomic E-state index is 2.53. The summed E-state index contributed by atoms with van der Waals surface area (Å²) in [6.45, 7) is 0. The lowest BCUT2D eigenvalue weighted by molar-refractivity contribution is 0.744. The molecule has 0 saturated carbocycles. The van der Waals surface area contributed by atoms with Crippen molar-refractivity contribution < 1.29 is 0 Å². The molecule has 0 aliphatic rings. The highest BCUT2D eigenvalue weighted by Crippen LogP contribution is 2.56. The molecule has 0 aliphatic heterocycles. The van der Waals surface area contributed by atoms with Crippen LogP contribution in [0.4, 0.5) is 34.1 Å². The third-order valence-electron chi connectivity index (χ3n) is 24.0. The van der Waals surface area contributed by atoms with Gasteiger partial charge in [-0.25, -0.2) is 0 Å². The molecule has 0 amide bonds. The van der Waals surface area contributed by atoms with Gasteiger partial charge in [-0.15, -0.1) is 0 Å². The first-order valence-corrected chi connectivity index (χ1v) is 40.2. The average molecular weight is 1480 g/mol. The fourth-order valence-corrected chi connectivity index (χ4v) is 19.1. The van der Waals surface area contributed by atoms with Crippen molar-refractivity contribution in [2.45, 2.75) is 21.7 Å². The van der Waals surface area contributed by atoms with E-state index >= 15 is 0 Å². The normalized spacial score (nSPS) is 11.8. The van der Waals surface area contributed by atoms with Crippen LogP contribution in [0.15, 0.2) is 510 Å². The number of hydrogen-bond acceptors (Lipinski definition) is 2. The van der Waals surface area contributed by atoms with Gasteiger partial charge >= 0.3 is 0 Å². The second-order valence-corrected chi connectivity index (χ2v) is 30.0. The van der Waals surface area contributed by atoms with E-state index in [1.807, 2.05) is 0 Å². The van der Waals surface area contributed by atoms with Gasteiger partial charge in [0.1, 0.15) is 0 Å². The molecule has 0 heterocycles. The van der Waals surface area contributed by atoms with Crippen molar-refractivity contribution in [1.29, 1.82) is 0 Å². The summed E-state index contributed by atoms with van der Waals surface area (Å²) in [4.78, 5) is 5.07. The van der Waals surface area contributed by atoms with Gasteiger partial charge in [-0.3, -0.25) is 0 Å². The zero-order valence-electron chi connectivity index (χ0n) is 64.4. The number of hydrogen-bond donors (Lipinski definition) is 0. The predicted molar refractivity (Wildman–Crippen MR) is 484 cm³/mol. The number of nitrogens with zero attached hydrogens (tertiary/aromatic N) is 2. The van der Waals surface area contributed by atoms with Gasteiger partial charge in [0.2, 0.25) is 0 Å². The summed E-state index contributed by atoms with van der Waals surface area (Å²) in [5, 5.41) is 4.33. The molecule has 0 atom stereocenters. The molecule has 19 rings (SSSR count). The SMILES string of the molecule is c1ccc(C(c2ccccc2)(c2ccccc2)c2ccc(N(c3ccc(C(c4ccccc4)(c4ccccc4)c4ccccc4)cc3)c3c4ccccc4c(N(c4ccc(C(c5ccccc5)(c5ccccc5)c5ccccc5)cc4)c4ccc(C(c5ccccc5)(c5ccccc5)c5ccccc5)cc4)c4ccccc34)cc2)cc1. The highest BCUT2D eigenvalue weighted by molar-refractivity contribution is 6.23. The Morgan fingerprint density at radius 2 is 0.207 bits per heavy atom. The molecule has 0 bridgehead atoms. The van der Waals surface area contributed by atoms with Crippen molar-refractivity contribution in [3.05, 3.63) is 599 Å². The van der Waals surface area contributed by atoms with E-state index in [9.17, 15) is 0 Å². The second-order valence-electron chi connectivity index (χ2n) is 30.0. The third kappa shape index (κ3) is 12.3. The molecule has 0 N–H and O–H groups in total. The number of benzene rings is 19. The standard InChI is InChI=1S/C114H84N2/c1-13-41-85(42-14-1)111(86-43-15-2-16-44-86,87-45-17-3-18-46-87)97-69-77-101(78-70-97)115(102-79-71-98(72-80-102)112(88-47-19-4-20-48-88,89-49-21-5-22-50-89)90-51-23-6-24-52-90)109-105-65-37-39-67-107(105)110(108-68-40-38-66-106(108)109)116(103-81-73-99(74-82-103)113(91-53-25-7-26-54-91,92-55-27-8-28-56-92)93-57-29-9-30-58-93)104-83-75-100(76-84-104)114(94-59-31-10-32-60-94,95-61-33-11-34-62-95)96-63-35-12-36-64-96/h1-84H. The van der Waals surface area contributed by atoms with Gasteiger partial charge in [0.05, 0.1) is 33.0 Å². The van der Waals surface area contributed by atoms with Gasteiger partial charge in [0.25, 0.3) is 0 Å². The van der Waals surface area contributed by atoms with Crippen LogP contribution in [0.1, 0.15) is 89.0 Å². The molecule has 116 heavy (non-hydrogen) atoms. The summed E-state index contributed by atoms with van der Waals surface area (Å²) in [7, 11) is 0. The minimum atomic E-state index is -0.677. The highest BCUT2D eigenvalue weighted by atomic mass is 15.2. The zero-order valence-corrected chi connectivity index (χ0v) is 64.4. The minimum Gasteiger partial charge on any atom is -0.309 e. The van der Waals surface area contributed by atoms with E-state index in [4.69, 9.17) is 0 Å². The summed E-state index contributed by atoms with van der Waals surface area (Å²) in [6, 6.07) is 189. The van der Waals surface area contributed by atoms with E-state index in [-0.39, 0.29) is 0 Å². The molecular formula is C114H84N2. The smallest absolute Gasteiger partial charge is 0.0701 e. The summed E-state index contributed by atoms with van der Waals surface area (Å²) in [6.07, 6.45) is 0. The van der Waals surface area contributed by atoms with Crippen LogP contribution < -0.4 is 9.80 Å². The highest BCUT2D eigenvalue weighted by Gasteiger charge is 2.43. The molecule has 0 spiro atoms. The van der Waals surface area contributed by atoms with Gasteiger partial charge in [0.15, 0.2) is 0 Å². The van der Waals surface area contributed by atoms with Crippen LogP contribution in [-0.2, 0) is 21.7 Å². The quantitative estimate of drug-likeness (QED) is 0.0379. The van der Waals surface area contributed by atoms with Gasteiger partial charge in [-0.2, -0.15) is 0 Å². The molecule has 19 aromatic carbocycles. The third-order valence-corrected chi connectivity index (χ3v) is 24.0. The van der Waals surface area contributed by atoms with E-state index in [1.165, 1.54) is 66.8 Å². The van der Waals surface area contributed by atoms with Crippen LogP contribution in [0, 0.1) is 0 Å². The van der Waals surface area contributed by atoms with E-state index in [1.54, 1.807) is 0 Å². The Morgan fingerprint density at radius 1 is 0.103 bits per heavy atom. The maximum absolute atomic E-state index is 2.53. The van der Waals surface area contributed by atoms with Crippen LogP contribution in [-0.4, -0.2) is 0 Å². The lowest BCUT2D eigenvalue weighted by Crippen LogP contribution is -2.31. The van der Waals surface area contributed by atoms with Gasteiger partial charge < -0.3 is 9.80 Å². The number of fused-ring (bicyclic) bond motifs is 2. The van der Waals surface area contributed by atoms with E-state index < -0.39 is 21.7 Å². The van der Waals surface area contributed by atoms with Crippen molar-refractivity contribution in [1.82, 2.24) is 0 Å². The second kappa shape index (κ2) is 31.5. The summed E-state index contributed by atoms with van der Waals surface area (Å²) < 4.78 is 0. The lowest BCUT2D eigenvalue weighted by atomic mass is 9.65. The molecule has 2 heteroatoms. The molecule has 0 radical (unpaired) electrons. The predicted octanol–water partition coefficient (Wildman–Crippen LogP) is 28.5. The van der Waals surface area contributed by atoms with Crippen molar-refractivity contribution in [2.75, 3.05) is 9.80 Å². The van der Waals surface area contributed by atoms with Crippen molar-refractivity contribution in [3.63, 3.8) is 0 Å². The fraction of sp³-hybridized carbons (Fsp3) is 0.0351. The largest absolute Gasteiger partial charge is 0.309 e. The van der Waals surface area contributed by atoms with E-state index in [0.29, 0.717) is 0 Å². The monoisotopic (exact) mass is 1480 g/mol. The Kier molecular flexibility index (Phi) is 19.4. The molecule has 0 aliphatic carbocycles. The topological polar surface area (TPSA) is 6.48 Å². The van der Waals surface area contributed by atoms with Gasteiger partial charge in [-0.05, 0) is 138 Å². The van der Waals surface area contributed by atoms with Crippen LogP contribution in [0.2, 0.25) is 0 Å². The molecule has 0 fully saturated rings. The van der Waals surface area contributed by atoms with E-state index in [0.717, 1.165) is 77.9 Å². The van der Waals surface area contributed by atoms with Gasteiger partial charge in [0, 0.05) is 44.3 Å². The minimum absolute atomic E-state index is 0.677. The molecule has 550 valence electrons. The summed E-state index contributed by atoms with van der Waals surface area (Å²) in [5.41, 5.74) is 22.3. The lowest BCUT2D eigenvalue weighted by Gasteiger charge is -2.38. The van der Waals surface area contributed by atoms with Crippen molar-refractivity contribution >= 4 is 55.7 Å². The Bertz CT molecular complexity index is 5280. The van der Waals surface area contributed by atoms with Crippen molar-refractivity contribution in [3.8, 4) is 0 Å². The van der Waals surface area contributed by atoms with Crippen LogP contribution in [0.5, 0.6) is 0 Å². The first kappa shape index (κ1) is 71.6. The molecule has 19 aromatic rings. The fourth-order valence-electron chi connectivity index (χ4n) is 19.1. The van der Waals surface area contributed by atoms with E-state index in [2.05, 4.69) is 519 Å². The molecule has 0 unspecified atom stereocenters. The Hall–Kier alpha value is -14.7. The molecule has 2 nitrogen and oxygen atoms in total.